The van der Waals surface area contributed by atoms with E-state index in [1.807, 2.05) is 18.4 Å². The van der Waals surface area contributed by atoms with Gasteiger partial charge in [0.05, 0.1) is 6.10 Å². The molecule has 1 heterocycles. The molecule has 0 aliphatic carbocycles. The Bertz CT molecular complexity index is 434. The highest BCUT2D eigenvalue weighted by Crippen LogP contribution is 2.32. The van der Waals surface area contributed by atoms with Crippen LogP contribution in [0.15, 0.2) is 46.0 Å². The number of benzene rings is 1. The Morgan fingerprint density at radius 1 is 1.25 bits per heavy atom. The van der Waals surface area contributed by atoms with Gasteiger partial charge in [-0.05, 0) is 17.9 Å². The van der Waals surface area contributed by atoms with Crippen LogP contribution in [0.5, 0.6) is 0 Å². The maximum Gasteiger partial charge on any atom is 0.0780 e. The molecule has 0 saturated carbocycles. The summed E-state index contributed by atoms with van der Waals surface area (Å²) < 4.78 is 0. The quantitative estimate of drug-likeness (QED) is 0.825. The van der Waals surface area contributed by atoms with E-state index in [1.165, 1.54) is 10.5 Å². The summed E-state index contributed by atoms with van der Waals surface area (Å²) in [7, 11) is 0. The zero-order chi connectivity index (χ0) is 11.4. The normalized spacial score (nSPS) is 12.6. The molecular formula is C13H14OS2. The molecule has 1 unspecified atom stereocenters. The van der Waals surface area contributed by atoms with Gasteiger partial charge < -0.3 is 5.11 Å². The first-order valence-electron chi connectivity index (χ1n) is 5.18. The Morgan fingerprint density at radius 3 is 2.69 bits per heavy atom. The average Bonchev–Trinajstić information content (AvgIpc) is 2.76. The average molecular weight is 250 g/mol. The van der Waals surface area contributed by atoms with Gasteiger partial charge in [-0.3, -0.25) is 0 Å². The van der Waals surface area contributed by atoms with Crippen LogP contribution in [-0.2, 0) is 5.75 Å². The lowest BCUT2D eigenvalue weighted by Gasteiger charge is -2.06. The van der Waals surface area contributed by atoms with Crippen molar-refractivity contribution >= 4 is 23.1 Å². The Kier molecular flexibility index (Phi) is 4.04. The third-order valence-electron chi connectivity index (χ3n) is 2.34. The Morgan fingerprint density at radius 2 is 2.00 bits per heavy atom. The molecule has 1 N–H and O–H groups in total. The summed E-state index contributed by atoms with van der Waals surface area (Å²) in [6, 6.07) is 10.4. The Labute approximate surface area is 104 Å². The predicted molar refractivity (Wildman–Crippen MR) is 71.0 cm³/mol. The van der Waals surface area contributed by atoms with Crippen LogP contribution < -0.4 is 0 Å². The summed E-state index contributed by atoms with van der Waals surface area (Å²) in [6.07, 6.45) is -0.371. The van der Waals surface area contributed by atoms with Gasteiger partial charge in [0.25, 0.3) is 0 Å². The van der Waals surface area contributed by atoms with Gasteiger partial charge in [-0.15, -0.1) is 11.8 Å². The number of hydrogen-bond donors (Lipinski definition) is 1. The van der Waals surface area contributed by atoms with Crippen molar-refractivity contribution < 1.29 is 5.11 Å². The van der Waals surface area contributed by atoms with Gasteiger partial charge in [-0.1, -0.05) is 30.3 Å². The van der Waals surface area contributed by atoms with Crippen molar-refractivity contribution in [2.45, 2.75) is 23.7 Å². The molecule has 0 aliphatic rings. The largest absolute Gasteiger partial charge is 0.389 e. The standard InChI is InChI=1S/C13H14OS2/c1-10(14)12-8-15-9-13(12)16-7-11-5-3-2-4-6-11/h2-6,8-10,14H,7H2,1H3. The van der Waals surface area contributed by atoms with Crippen molar-refractivity contribution in [3.8, 4) is 0 Å². The van der Waals surface area contributed by atoms with Crippen LogP contribution in [0.2, 0.25) is 0 Å². The third-order valence-corrected chi connectivity index (χ3v) is 4.40. The fourth-order valence-electron chi connectivity index (χ4n) is 1.45. The van der Waals surface area contributed by atoms with Crippen molar-refractivity contribution in [1.29, 1.82) is 0 Å². The van der Waals surface area contributed by atoms with Crippen molar-refractivity contribution in [2.75, 3.05) is 0 Å². The first-order chi connectivity index (χ1) is 7.77. The van der Waals surface area contributed by atoms with E-state index in [4.69, 9.17) is 0 Å². The Hall–Kier alpha value is -0.770. The molecule has 0 saturated heterocycles. The maximum atomic E-state index is 9.58. The molecule has 0 radical (unpaired) electrons. The third kappa shape index (κ3) is 2.88. The van der Waals surface area contributed by atoms with Crippen molar-refractivity contribution in [3.05, 3.63) is 52.2 Å². The summed E-state index contributed by atoms with van der Waals surface area (Å²) in [6.45, 7) is 1.81. The number of hydrogen-bond acceptors (Lipinski definition) is 3. The molecule has 2 rings (SSSR count). The van der Waals surface area contributed by atoms with Crippen LogP contribution in [0.25, 0.3) is 0 Å². The van der Waals surface area contributed by atoms with E-state index in [9.17, 15) is 5.11 Å². The van der Waals surface area contributed by atoms with Gasteiger partial charge in [-0.25, -0.2) is 0 Å². The summed E-state index contributed by atoms with van der Waals surface area (Å²) in [4.78, 5) is 1.20. The van der Waals surface area contributed by atoms with Gasteiger partial charge in [-0.2, -0.15) is 11.3 Å². The van der Waals surface area contributed by atoms with E-state index < -0.39 is 0 Å². The van der Waals surface area contributed by atoms with E-state index in [0.717, 1.165) is 11.3 Å². The van der Waals surface area contributed by atoms with E-state index in [0.29, 0.717) is 0 Å². The van der Waals surface area contributed by atoms with Crippen LogP contribution in [0.1, 0.15) is 24.2 Å². The van der Waals surface area contributed by atoms with Gasteiger partial charge in [0.1, 0.15) is 0 Å². The molecule has 1 atom stereocenters. The molecule has 0 amide bonds. The van der Waals surface area contributed by atoms with Gasteiger partial charge in [0.2, 0.25) is 0 Å². The van der Waals surface area contributed by atoms with Crippen LogP contribution >= 0.6 is 23.1 Å². The summed E-state index contributed by atoms with van der Waals surface area (Å²) in [5, 5.41) is 13.7. The second-order valence-electron chi connectivity index (χ2n) is 3.64. The molecule has 1 aromatic carbocycles. The van der Waals surface area contributed by atoms with Gasteiger partial charge in [0, 0.05) is 21.6 Å². The van der Waals surface area contributed by atoms with Gasteiger partial charge in [0.15, 0.2) is 0 Å². The lowest BCUT2D eigenvalue weighted by molar-refractivity contribution is 0.197. The summed E-state index contributed by atoms with van der Waals surface area (Å²) in [5.74, 6) is 0.956. The van der Waals surface area contributed by atoms with Crippen molar-refractivity contribution in [2.24, 2.45) is 0 Å². The van der Waals surface area contributed by atoms with Crippen LogP contribution in [0.3, 0.4) is 0 Å². The zero-order valence-corrected chi connectivity index (χ0v) is 10.7. The van der Waals surface area contributed by atoms with E-state index in [-0.39, 0.29) is 6.10 Å². The molecular weight excluding hydrogens is 236 g/mol. The minimum Gasteiger partial charge on any atom is -0.389 e. The number of aliphatic hydroxyl groups excluding tert-OH is 1. The number of thiophene rings is 1. The van der Waals surface area contributed by atoms with Gasteiger partial charge >= 0.3 is 0 Å². The molecule has 1 aromatic heterocycles. The molecule has 0 fully saturated rings. The van der Waals surface area contributed by atoms with Crippen molar-refractivity contribution in [1.82, 2.24) is 0 Å². The lowest BCUT2D eigenvalue weighted by atomic mass is 10.2. The molecule has 84 valence electrons. The minimum absolute atomic E-state index is 0.371. The van der Waals surface area contributed by atoms with E-state index in [2.05, 4.69) is 29.6 Å². The highest BCUT2D eigenvalue weighted by molar-refractivity contribution is 7.98. The monoisotopic (exact) mass is 250 g/mol. The number of aliphatic hydroxyl groups is 1. The summed E-state index contributed by atoms with van der Waals surface area (Å²) in [5.41, 5.74) is 2.36. The van der Waals surface area contributed by atoms with Crippen LogP contribution in [-0.4, -0.2) is 5.11 Å². The highest BCUT2D eigenvalue weighted by atomic mass is 32.2. The van der Waals surface area contributed by atoms with E-state index >= 15 is 0 Å². The second kappa shape index (κ2) is 5.53. The predicted octanol–water partition coefficient (Wildman–Crippen LogP) is 4.09. The van der Waals surface area contributed by atoms with Crippen molar-refractivity contribution in [3.63, 3.8) is 0 Å². The molecule has 16 heavy (non-hydrogen) atoms. The summed E-state index contributed by atoms with van der Waals surface area (Å²) >= 11 is 3.43. The zero-order valence-electron chi connectivity index (χ0n) is 9.09. The molecule has 1 nitrogen and oxygen atoms in total. The molecule has 2 aromatic rings. The maximum absolute atomic E-state index is 9.58. The first-order valence-corrected chi connectivity index (χ1v) is 7.11. The Balaban J connectivity index is 2.02. The number of rotatable bonds is 4. The molecule has 0 spiro atoms. The van der Waals surface area contributed by atoms with Crippen LogP contribution in [0.4, 0.5) is 0 Å². The second-order valence-corrected chi connectivity index (χ2v) is 5.40. The fourth-order valence-corrected chi connectivity index (χ4v) is 3.67. The minimum atomic E-state index is -0.371. The SMILES string of the molecule is CC(O)c1cscc1SCc1ccccc1. The number of thioether (sulfide) groups is 1. The topological polar surface area (TPSA) is 20.2 Å². The molecule has 0 bridgehead atoms. The highest BCUT2D eigenvalue weighted by Gasteiger charge is 2.09. The fraction of sp³-hybridized carbons (Fsp3) is 0.231. The first kappa shape index (κ1) is 11.7. The van der Waals surface area contributed by atoms with E-state index in [1.54, 1.807) is 23.1 Å². The van der Waals surface area contributed by atoms with Crippen LogP contribution in [0, 0.1) is 0 Å². The molecule has 3 heteroatoms. The smallest absolute Gasteiger partial charge is 0.0780 e. The molecule has 0 aliphatic heterocycles. The lowest BCUT2D eigenvalue weighted by Crippen LogP contribution is -1.90.